The fourth-order valence-corrected chi connectivity index (χ4v) is 5.28. The van der Waals surface area contributed by atoms with Crippen molar-refractivity contribution in [1.82, 2.24) is 0 Å². The van der Waals surface area contributed by atoms with Gasteiger partial charge in [0.25, 0.3) is 0 Å². The molecule has 0 aromatic heterocycles. The fraction of sp³-hybridized carbons (Fsp3) is 0.812. The number of carbonyl (C=O) groups excluding carboxylic acids is 2. The molecule has 0 saturated carbocycles. The molecule has 1 unspecified atom stereocenters. The average molecular weight is 489 g/mol. The van der Waals surface area contributed by atoms with E-state index in [1.54, 1.807) is 13.8 Å². The molecule has 0 saturated heterocycles. The lowest BCUT2D eigenvalue weighted by Gasteiger charge is -2.27. The van der Waals surface area contributed by atoms with Gasteiger partial charge in [0.1, 0.15) is 0 Å². The molecule has 0 aromatic carbocycles. The summed E-state index contributed by atoms with van der Waals surface area (Å²) >= 11 is 0. The van der Waals surface area contributed by atoms with E-state index in [9.17, 15) is 14.7 Å². The Hall–Kier alpha value is -1.22. The highest BCUT2D eigenvalue weighted by Gasteiger charge is 2.32. The van der Waals surface area contributed by atoms with Crippen LogP contribution in [-0.2, 0) is 9.59 Å². The third-order valence-electron chi connectivity index (χ3n) is 7.97. The van der Waals surface area contributed by atoms with Gasteiger partial charge < -0.3 is 5.11 Å². The van der Waals surface area contributed by atoms with Gasteiger partial charge in [-0.05, 0) is 70.1 Å². The highest BCUT2D eigenvalue weighted by atomic mass is 16.3. The van der Waals surface area contributed by atoms with Crippen molar-refractivity contribution < 1.29 is 14.7 Å². The van der Waals surface area contributed by atoms with Crippen LogP contribution in [0.2, 0.25) is 0 Å². The lowest BCUT2D eigenvalue weighted by Crippen LogP contribution is -2.27. The maximum atomic E-state index is 13.0. The zero-order chi connectivity index (χ0) is 26.8. The Labute approximate surface area is 217 Å². The number of allylic oxidation sites excluding steroid dienone is 4. The second-order valence-corrected chi connectivity index (χ2v) is 12.8. The highest BCUT2D eigenvalue weighted by Crippen LogP contribution is 2.33. The summed E-state index contributed by atoms with van der Waals surface area (Å²) in [5, 5.41) is 11.0. The van der Waals surface area contributed by atoms with Gasteiger partial charge in [-0.3, -0.25) is 9.59 Å². The summed E-state index contributed by atoms with van der Waals surface area (Å²) in [7, 11) is 0. The lowest BCUT2D eigenvalue weighted by atomic mass is 9.78. The molecule has 0 fully saturated rings. The molecule has 35 heavy (non-hydrogen) atoms. The van der Waals surface area contributed by atoms with Crippen LogP contribution >= 0.6 is 0 Å². The first-order valence-corrected chi connectivity index (χ1v) is 14.5. The van der Waals surface area contributed by atoms with Gasteiger partial charge in [0.05, 0.1) is 5.60 Å². The minimum atomic E-state index is -0.811. The van der Waals surface area contributed by atoms with Crippen molar-refractivity contribution in [2.45, 2.75) is 145 Å². The second-order valence-electron chi connectivity index (χ2n) is 12.8. The third kappa shape index (κ3) is 11.6. The van der Waals surface area contributed by atoms with Gasteiger partial charge >= 0.3 is 0 Å². The molecule has 0 aromatic rings. The van der Waals surface area contributed by atoms with Gasteiger partial charge in [0.15, 0.2) is 11.6 Å². The Bertz CT molecular complexity index is 751. The van der Waals surface area contributed by atoms with Crippen molar-refractivity contribution in [2.75, 3.05) is 0 Å². The van der Waals surface area contributed by atoms with Gasteiger partial charge in [-0.1, -0.05) is 92.9 Å². The molecule has 3 atom stereocenters. The van der Waals surface area contributed by atoms with E-state index < -0.39 is 5.60 Å². The van der Waals surface area contributed by atoms with Crippen LogP contribution in [0.5, 0.6) is 0 Å². The van der Waals surface area contributed by atoms with Gasteiger partial charge in [-0.2, -0.15) is 0 Å². The van der Waals surface area contributed by atoms with E-state index >= 15 is 0 Å². The summed E-state index contributed by atoms with van der Waals surface area (Å²) in [4.78, 5) is 25.9. The number of aliphatic hydroxyl groups is 1. The fourth-order valence-electron chi connectivity index (χ4n) is 5.28. The largest absolute Gasteiger partial charge is 0.390 e. The molecule has 1 rings (SSSR count). The van der Waals surface area contributed by atoms with Gasteiger partial charge in [-0.15, -0.1) is 0 Å². The first-order chi connectivity index (χ1) is 16.2. The van der Waals surface area contributed by atoms with Crippen molar-refractivity contribution in [3.05, 3.63) is 22.3 Å². The zero-order valence-corrected chi connectivity index (χ0v) is 24.6. The van der Waals surface area contributed by atoms with Crippen molar-refractivity contribution in [2.24, 2.45) is 23.7 Å². The minimum absolute atomic E-state index is 0.000561. The first kappa shape index (κ1) is 31.8. The number of carbonyl (C=O) groups is 2. The van der Waals surface area contributed by atoms with Crippen LogP contribution in [0.3, 0.4) is 0 Å². The standard InChI is InChI=1S/C32H56O3/c1-22(2)13-10-14-24(5)15-11-16-25(6)17-12-19-32(9,35)20-18-28-29(21-23(3)4)31(34)27(8)26(7)30(28)33/h22-25,35H,10-21H2,1-9H3/t24-,25-,32?/m1/s1. The van der Waals surface area contributed by atoms with E-state index in [0.29, 0.717) is 53.4 Å². The van der Waals surface area contributed by atoms with Crippen LogP contribution in [0.4, 0.5) is 0 Å². The Morgan fingerprint density at radius 2 is 1.11 bits per heavy atom. The van der Waals surface area contributed by atoms with Crippen LogP contribution < -0.4 is 0 Å². The molecule has 3 heteroatoms. The Morgan fingerprint density at radius 3 is 1.60 bits per heavy atom. The van der Waals surface area contributed by atoms with Crippen LogP contribution in [0.25, 0.3) is 0 Å². The number of hydrogen-bond donors (Lipinski definition) is 1. The number of hydrogen-bond acceptors (Lipinski definition) is 3. The van der Waals surface area contributed by atoms with E-state index in [0.717, 1.165) is 31.1 Å². The van der Waals surface area contributed by atoms with Crippen LogP contribution in [-0.4, -0.2) is 22.3 Å². The lowest BCUT2D eigenvalue weighted by molar-refractivity contribution is -0.116. The van der Waals surface area contributed by atoms with E-state index in [1.807, 2.05) is 6.92 Å². The van der Waals surface area contributed by atoms with Crippen molar-refractivity contribution in [3.63, 3.8) is 0 Å². The topological polar surface area (TPSA) is 54.4 Å². The molecular weight excluding hydrogens is 432 g/mol. The normalized spacial score (nSPS) is 18.6. The number of rotatable bonds is 17. The SMILES string of the molecule is CC1=C(C)C(=O)C(CC(C)C)=C(CCC(C)(O)CCC[C@H](C)CCC[C@H](C)CCCC(C)C)C1=O. The summed E-state index contributed by atoms with van der Waals surface area (Å²) in [6.07, 6.45) is 12.5. The molecule has 0 radical (unpaired) electrons. The van der Waals surface area contributed by atoms with E-state index in [2.05, 4.69) is 41.5 Å². The van der Waals surface area contributed by atoms with E-state index in [-0.39, 0.29) is 11.6 Å². The Morgan fingerprint density at radius 1 is 0.657 bits per heavy atom. The van der Waals surface area contributed by atoms with E-state index in [4.69, 9.17) is 0 Å². The molecule has 0 amide bonds. The Kier molecular flexibility index (Phi) is 13.7. The summed E-state index contributed by atoms with van der Waals surface area (Å²) < 4.78 is 0. The van der Waals surface area contributed by atoms with Crippen molar-refractivity contribution >= 4 is 11.6 Å². The Balaban J connectivity index is 2.48. The summed E-state index contributed by atoms with van der Waals surface area (Å²) in [5.74, 6) is 2.66. The van der Waals surface area contributed by atoms with E-state index in [1.165, 1.54) is 38.5 Å². The van der Waals surface area contributed by atoms with Crippen LogP contribution in [0.1, 0.15) is 139 Å². The van der Waals surface area contributed by atoms with Gasteiger partial charge in [0, 0.05) is 22.3 Å². The monoisotopic (exact) mass is 488 g/mol. The molecule has 0 aliphatic heterocycles. The smallest absolute Gasteiger partial charge is 0.185 e. The van der Waals surface area contributed by atoms with Gasteiger partial charge in [-0.25, -0.2) is 0 Å². The summed E-state index contributed by atoms with van der Waals surface area (Å²) in [6, 6.07) is 0. The molecule has 1 N–H and O–H groups in total. The summed E-state index contributed by atoms with van der Waals surface area (Å²) in [5.41, 5.74) is 1.66. The molecule has 0 spiro atoms. The maximum Gasteiger partial charge on any atom is 0.185 e. The molecule has 202 valence electrons. The van der Waals surface area contributed by atoms with Crippen LogP contribution in [0, 0.1) is 23.7 Å². The predicted molar refractivity (Wildman–Crippen MR) is 149 cm³/mol. The molecule has 3 nitrogen and oxygen atoms in total. The highest BCUT2D eigenvalue weighted by molar-refractivity contribution is 6.24. The minimum Gasteiger partial charge on any atom is -0.390 e. The summed E-state index contributed by atoms with van der Waals surface area (Å²) in [6.45, 7) is 18.9. The van der Waals surface area contributed by atoms with Crippen molar-refractivity contribution in [3.8, 4) is 0 Å². The number of Topliss-reactive ketones (excluding diaryl/α,β-unsaturated/α-hetero) is 2. The molecule has 0 bridgehead atoms. The number of ketones is 2. The molecule has 1 aliphatic rings. The average Bonchev–Trinajstić information content (AvgIpc) is 2.75. The predicted octanol–water partition coefficient (Wildman–Crippen LogP) is 8.79. The molecular formula is C32H56O3. The quantitative estimate of drug-likeness (QED) is 0.208. The zero-order valence-electron chi connectivity index (χ0n) is 24.6. The second kappa shape index (κ2) is 15.1. The van der Waals surface area contributed by atoms with Crippen LogP contribution in [0.15, 0.2) is 22.3 Å². The first-order valence-electron chi connectivity index (χ1n) is 14.5. The third-order valence-corrected chi connectivity index (χ3v) is 7.97. The van der Waals surface area contributed by atoms with Gasteiger partial charge in [0.2, 0.25) is 0 Å². The maximum absolute atomic E-state index is 13.0. The molecule has 0 heterocycles. The van der Waals surface area contributed by atoms with Crippen molar-refractivity contribution in [1.29, 1.82) is 0 Å². The molecule has 1 aliphatic carbocycles.